The molecule has 0 aliphatic heterocycles. The Balaban J connectivity index is 1.69. The number of nitrogens with one attached hydrogen (secondary N) is 1. The van der Waals surface area contributed by atoms with Gasteiger partial charge in [-0.2, -0.15) is 0 Å². The molecule has 1 aliphatic rings. The van der Waals surface area contributed by atoms with Gasteiger partial charge in [0.1, 0.15) is 6.54 Å². The Kier molecular flexibility index (Phi) is 4.28. The summed E-state index contributed by atoms with van der Waals surface area (Å²) in [4.78, 5) is 12.4. The van der Waals surface area contributed by atoms with E-state index in [0.29, 0.717) is 12.6 Å². The average molecular weight is 284 g/mol. The molecule has 1 aromatic heterocycles. The van der Waals surface area contributed by atoms with E-state index in [1.165, 1.54) is 31.1 Å². The van der Waals surface area contributed by atoms with Crippen molar-refractivity contribution < 1.29 is 4.79 Å². The second-order valence-corrected chi connectivity index (χ2v) is 6.19. The summed E-state index contributed by atoms with van der Waals surface area (Å²) in [6, 6.07) is 10.8. The average Bonchev–Trinajstić information content (AvgIpc) is 2.66. The van der Waals surface area contributed by atoms with Gasteiger partial charge < -0.3 is 9.88 Å². The predicted molar refractivity (Wildman–Crippen MR) is 86.3 cm³/mol. The molecule has 3 nitrogen and oxygen atoms in total. The molecule has 0 radical (unpaired) electrons. The van der Waals surface area contributed by atoms with Gasteiger partial charge >= 0.3 is 0 Å². The Morgan fingerprint density at radius 3 is 2.67 bits per heavy atom. The van der Waals surface area contributed by atoms with Crippen LogP contribution in [0.5, 0.6) is 0 Å². The van der Waals surface area contributed by atoms with Crippen molar-refractivity contribution in [1.82, 2.24) is 9.88 Å². The van der Waals surface area contributed by atoms with Crippen molar-refractivity contribution in [3.05, 3.63) is 36.0 Å². The highest BCUT2D eigenvalue weighted by Gasteiger charge is 2.16. The number of nitrogens with zero attached hydrogens (tertiary/aromatic N) is 1. The third-order valence-corrected chi connectivity index (χ3v) is 4.54. The maximum absolute atomic E-state index is 12.4. The van der Waals surface area contributed by atoms with Crippen LogP contribution in [0.25, 0.3) is 10.9 Å². The first-order chi connectivity index (χ1) is 10.2. The molecule has 0 atom stereocenters. The van der Waals surface area contributed by atoms with E-state index in [1.54, 1.807) is 0 Å². The van der Waals surface area contributed by atoms with Crippen LogP contribution < -0.4 is 5.32 Å². The Morgan fingerprint density at radius 1 is 1.19 bits per heavy atom. The summed E-state index contributed by atoms with van der Waals surface area (Å²) in [6.07, 6.45) is 7.39. The van der Waals surface area contributed by atoms with Gasteiger partial charge in [0, 0.05) is 17.3 Å². The van der Waals surface area contributed by atoms with Gasteiger partial charge in [-0.1, -0.05) is 43.9 Å². The van der Waals surface area contributed by atoms with E-state index in [2.05, 4.69) is 35.0 Å². The molecule has 0 saturated heterocycles. The minimum atomic E-state index is 0.145. The van der Waals surface area contributed by atoms with Crippen LogP contribution >= 0.6 is 0 Å². The molecule has 1 aliphatic carbocycles. The number of rotatable bonds is 3. The van der Waals surface area contributed by atoms with Crippen molar-refractivity contribution >= 4 is 16.8 Å². The Labute approximate surface area is 126 Å². The van der Waals surface area contributed by atoms with Gasteiger partial charge in [-0.05, 0) is 37.3 Å². The van der Waals surface area contributed by atoms with Crippen molar-refractivity contribution in [1.29, 1.82) is 0 Å². The van der Waals surface area contributed by atoms with Crippen LogP contribution in [0.4, 0.5) is 0 Å². The number of carbonyl (C=O) groups is 1. The lowest BCUT2D eigenvalue weighted by molar-refractivity contribution is -0.122. The van der Waals surface area contributed by atoms with Gasteiger partial charge in [0.15, 0.2) is 0 Å². The summed E-state index contributed by atoms with van der Waals surface area (Å²) in [5.41, 5.74) is 2.29. The first-order valence-corrected chi connectivity index (χ1v) is 8.08. The zero-order valence-corrected chi connectivity index (χ0v) is 12.8. The van der Waals surface area contributed by atoms with E-state index >= 15 is 0 Å². The Morgan fingerprint density at radius 2 is 1.90 bits per heavy atom. The SMILES string of the molecule is Cc1cc2ccccc2n1CC(=O)NC1CCCCCC1. The highest BCUT2D eigenvalue weighted by molar-refractivity contribution is 5.84. The summed E-state index contributed by atoms with van der Waals surface area (Å²) >= 11 is 0. The maximum atomic E-state index is 12.4. The molecule has 0 bridgehead atoms. The molecule has 1 saturated carbocycles. The van der Waals surface area contributed by atoms with Gasteiger partial charge in [-0.3, -0.25) is 4.79 Å². The predicted octanol–water partition coefficient (Wildman–Crippen LogP) is 3.79. The van der Waals surface area contributed by atoms with Crippen LogP contribution in [0.2, 0.25) is 0 Å². The molecule has 0 spiro atoms. The second-order valence-electron chi connectivity index (χ2n) is 6.19. The first-order valence-electron chi connectivity index (χ1n) is 8.08. The molecule has 0 unspecified atom stereocenters. The highest BCUT2D eigenvalue weighted by Crippen LogP contribution is 2.20. The number of fused-ring (bicyclic) bond motifs is 1. The Bertz CT molecular complexity index is 621. The minimum Gasteiger partial charge on any atom is -0.352 e. The van der Waals surface area contributed by atoms with Gasteiger partial charge in [0.2, 0.25) is 5.91 Å². The van der Waals surface area contributed by atoms with Gasteiger partial charge in [0.05, 0.1) is 0 Å². The number of aryl methyl sites for hydroxylation is 1. The number of hydrogen-bond acceptors (Lipinski definition) is 1. The molecule has 3 heteroatoms. The van der Waals surface area contributed by atoms with Crippen molar-refractivity contribution in [2.45, 2.75) is 58.0 Å². The zero-order chi connectivity index (χ0) is 14.7. The molecule has 1 heterocycles. The minimum absolute atomic E-state index is 0.145. The lowest BCUT2D eigenvalue weighted by Gasteiger charge is -2.17. The van der Waals surface area contributed by atoms with Gasteiger partial charge in [0.25, 0.3) is 0 Å². The van der Waals surface area contributed by atoms with E-state index < -0.39 is 0 Å². The normalized spacial score (nSPS) is 16.8. The summed E-state index contributed by atoms with van der Waals surface area (Å²) in [7, 11) is 0. The molecule has 112 valence electrons. The lowest BCUT2D eigenvalue weighted by Crippen LogP contribution is -2.36. The summed E-state index contributed by atoms with van der Waals surface area (Å²) in [5.74, 6) is 0.145. The molecule has 3 rings (SSSR count). The summed E-state index contributed by atoms with van der Waals surface area (Å²) < 4.78 is 2.11. The quantitative estimate of drug-likeness (QED) is 0.855. The van der Waals surface area contributed by atoms with Crippen LogP contribution in [0.15, 0.2) is 30.3 Å². The van der Waals surface area contributed by atoms with Gasteiger partial charge in [-0.25, -0.2) is 0 Å². The van der Waals surface area contributed by atoms with Crippen molar-refractivity contribution in [2.75, 3.05) is 0 Å². The third kappa shape index (κ3) is 3.29. The van der Waals surface area contributed by atoms with Crippen LogP contribution in [0.1, 0.15) is 44.2 Å². The van der Waals surface area contributed by atoms with Crippen LogP contribution in [-0.2, 0) is 11.3 Å². The molecule has 1 fully saturated rings. The monoisotopic (exact) mass is 284 g/mol. The summed E-state index contributed by atoms with van der Waals surface area (Å²) in [6.45, 7) is 2.49. The maximum Gasteiger partial charge on any atom is 0.240 e. The fourth-order valence-electron chi connectivity index (χ4n) is 3.40. The molecule has 2 aromatic rings. The van der Waals surface area contributed by atoms with Crippen molar-refractivity contribution in [3.63, 3.8) is 0 Å². The number of benzene rings is 1. The topological polar surface area (TPSA) is 34.0 Å². The smallest absolute Gasteiger partial charge is 0.240 e. The molecule has 1 amide bonds. The van der Waals surface area contributed by atoms with Crippen LogP contribution in [0.3, 0.4) is 0 Å². The van der Waals surface area contributed by atoms with E-state index in [4.69, 9.17) is 0 Å². The fraction of sp³-hybridized carbons (Fsp3) is 0.500. The molecule has 21 heavy (non-hydrogen) atoms. The lowest BCUT2D eigenvalue weighted by atomic mass is 10.1. The van der Waals surface area contributed by atoms with E-state index in [0.717, 1.165) is 24.1 Å². The zero-order valence-electron chi connectivity index (χ0n) is 12.8. The molecule has 1 aromatic carbocycles. The molecule has 1 N–H and O–H groups in total. The number of carbonyl (C=O) groups excluding carboxylic acids is 1. The number of aromatic nitrogens is 1. The van der Waals surface area contributed by atoms with Crippen molar-refractivity contribution in [3.8, 4) is 0 Å². The molecular weight excluding hydrogens is 260 g/mol. The van der Waals surface area contributed by atoms with Gasteiger partial charge in [-0.15, -0.1) is 0 Å². The van der Waals surface area contributed by atoms with Crippen LogP contribution in [0, 0.1) is 6.92 Å². The fourth-order valence-corrected chi connectivity index (χ4v) is 3.40. The molecular formula is C18H24N2O. The standard InChI is InChI=1S/C18H24N2O/c1-14-12-15-8-6-7-11-17(15)20(14)13-18(21)19-16-9-4-2-3-5-10-16/h6-8,11-12,16H,2-5,9-10,13H2,1H3,(H,19,21). The van der Waals surface area contributed by atoms with E-state index in [9.17, 15) is 4.79 Å². The second kappa shape index (κ2) is 6.33. The van der Waals surface area contributed by atoms with Crippen LogP contribution in [-0.4, -0.2) is 16.5 Å². The Hall–Kier alpha value is -1.77. The van der Waals surface area contributed by atoms with E-state index in [-0.39, 0.29) is 5.91 Å². The summed E-state index contributed by atoms with van der Waals surface area (Å²) in [5, 5.41) is 4.44. The largest absolute Gasteiger partial charge is 0.352 e. The van der Waals surface area contributed by atoms with Crippen molar-refractivity contribution in [2.24, 2.45) is 0 Å². The highest BCUT2D eigenvalue weighted by atomic mass is 16.2. The first kappa shape index (κ1) is 14.2. The number of hydrogen-bond donors (Lipinski definition) is 1. The number of para-hydroxylation sites is 1. The third-order valence-electron chi connectivity index (χ3n) is 4.54. The van der Waals surface area contributed by atoms with E-state index in [1.807, 2.05) is 12.1 Å². The number of amides is 1.